The maximum Gasteiger partial charge on any atom is 0.126 e. The van der Waals surface area contributed by atoms with Gasteiger partial charge < -0.3 is 5.32 Å². The smallest absolute Gasteiger partial charge is 0.126 e. The lowest BCUT2D eigenvalue weighted by atomic mass is 10.1. The van der Waals surface area contributed by atoms with E-state index in [1.165, 1.54) is 5.56 Å². The van der Waals surface area contributed by atoms with Crippen molar-refractivity contribution in [3.63, 3.8) is 0 Å². The number of nitrogens with one attached hydrogen (secondary N) is 1. The van der Waals surface area contributed by atoms with Crippen molar-refractivity contribution in [2.75, 3.05) is 6.54 Å². The number of hydrogen-bond acceptors (Lipinski definition) is 2. The third-order valence-electron chi connectivity index (χ3n) is 3.51. The highest BCUT2D eigenvalue weighted by Gasteiger charge is 2.13. The van der Waals surface area contributed by atoms with Crippen LogP contribution in [0.5, 0.6) is 0 Å². The van der Waals surface area contributed by atoms with E-state index in [0.29, 0.717) is 5.56 Å². The molecule has 2 rings (SSSR count). The Morgan fingerprint density at radius 3 is 2.57 bits per heavy atom. The summed E-state index contributed by atoms with van der Waals surface area (Å²) in [6.45, 7) is 6.85. The van der Waals surface area contributed by atoms with Crippen LogP contribution in [0, 0.1) is 12.7 Å². The zero-order valence-corrected chi connectivity index (χ0v) is 13.6. The molecule has 0 fully saturated rings. The Kier molecular flexibility index (Phi) is 5.83. The molecule has 0 heterocycles. The van der Waals surface area contributed by atoms with Crippen LogP contribution < -0.4 is 5.32 Å². The standard InChI is InChI=1S/C18H22FNS/c1-4-20-14(3)16-11-17(19)13(2)10-18(16)21-12-15-8-6-5-7-9-15/h5-11,14,20H,4,12H2,1-3H3. The number of aryl methyl sites for hydroxylation is 1. The van der Waals surface area contributed by atoms with Gasteiger partial charge in [-0.15, -0.1) is 11.8 Å². The van der Waals surface area contributed by atoms with Gasteiger partial charge in [-0.25, -0.2) is 4.39 Å². The Morgan fingerprint density at radius 2 is 1.90 bits per heavy atom. The molecule has 0 aliphatic rings. The van der Waals surface area contributed by atoms with Crippen molar-refractivity contribution >= 4 is 11.8 Å². The van der Waals surface area contributed by atoms with E-state index < -0.39 is 0 Å². The maximum absolute atomic E-state index is 13.9. The second kappa shape index (κ2) is 7.62. The highest BCUT2D eigenvalue weighted by Crippen LogP contribution is 2.32. The summed E-state index contributed by atoms with van der Waals surface area (Å²) in [7, 11) is 0. The van der Waals surface area contributed by atoms with Crippen molar-refractivity contribution in [2.24, 2.45) is 0 Å². The second-order valence-electron chi connectivity index (χ2n) is 5.19. The molecule has 0 aliphatic carbocycles. The molecule has 2 aromatic carbocycles. The Labute approximate surface area is 131 Å². The molecule has 2 aromatic rings. The van der Waals surface area contributed by atoms with Gasteiger partial charge in [0, 0.05) is 16.7 Å². The van der Waals surface area contributed by atoms with Crippen LogP contribution in [0.1, 0.15) is 36.6 Å². The van der Waals surface area contributed by atoms with Gasteiger partial charge in [0.05, 0.1) is 0 Å². The fraction of sp³-hybridized carbons (Fsp3) is 0.333. The lowest BCUT2D eigenvalue weighted by Crippen LogP contribution is -2.18. The zero-order chi connectivity index (χ0) is 15.2. The van der Waals surface area contributed by atoms with E-state index in [-0.39, 0.29) is 11.9 Å². The first kappa shape index (κ1) is 16.1. The van der Waals surface area contributed by atoms with Crippen LogP contribution >= 0.6 is 11.8 Å². The van der Waals surface area contributed by atoms with Gasteiger partial charge in [0.15, 0.2) is 0 Å². The molecule has 0 radical (unpaired) electrons. The molecule has 1 nitrogen and oxygen atoms in total. The molecule has 0 saturated carbocycles. The zero-order valence-electron chi connectivity index (χ0n) is 12.8. The van der Waals surface area contributed by atoms with Crippen molar-refractivity contribution in [2.45, 2.75) is 37.5 Å². The van der Waals surface area contributed by atoms with Gasteiger partial charge in [0.1, 0.15) is 5.82 Å². The summed E-state index contributed by atoms with van der Waals surface area (Å²) in [4.78, 5) is 1.16. The van der Waals surface area contributed by atoms with Gasteiger partial charge in [-0.3, -0.25) is 0 Å². The minimum Gasteiger partial charge on any atom is -0.310 e. The quantitative estimate of drug-likeness (QED) is 0.745. The van der Waals surface area contributed by atoms with Gasteiger partial charge in [-0.2, -0.15) is 0 Å². The number of halogens is 1. The van der Waals surface area contributed by atoms with Gasteiger partial charge in [0.2, 0.25) is 0 Å². The molecule has 0 saturated heterocycles. The first-order valence-corrected chi connectivity index (χ1v) is 8.30. The average Bonchev–Trinajstić information content (AvgIpc) is 2.49. The number of hydrogen-bond donors (Lipinski definition) is 1. The van der Waals surface area contributed by atoms with E-state index in [1.807, 2.05) is 31.2 Å². The molecule has 0 aromatic heterocycles. The minimum atomic E-state index is -0.126. The van der Waals surface area contributed by atoms with Crippen LogP contribution in [-0.2, 0) is 5.75 Å². The normalized spacial score (nSPS) is 12.4. The van der Waals surface area contributed by atoms with Crippen LogP contribution in [0.2, 0.25) is 0 Å². The molecule has 0 aliphatic heterocycles. The van der Waals surface area contributed by atoms with Gasteiger partial charge in [-0.05, 0) is 49.2 Å². The summed E-state index contributed by atoms with van der Waals surface area (Å²) >= 11 is 1.77. The van der Waals surface area contributed by atoms with E-state index in [9.17, 15) is 4.39 Å². The Balaban J connectivity index is 2.22. The lowest BCUT2D eigenvalue weighted by Gasteiger charge is -2.18. The number of thioether (sulfide) groups is 1. The highest BCUT2D eigenvalue weighted by molar-refractivity contribution is 7.98. The van der Waals surface area contributed by atoms with Gasteiger partial charge >= 0.3 is 0 Å². The van der Waals surface area contributed by atoms with Gasteiger partial charge in [0.25, 0.3) is 0 Å². The lowest BCUT2D eigenvalue weighted by molar-refractivity contribution is 0.571. The molecule has 0 amide bonds. The Hall–Kier alpha value is -1.32. The molecule has 1 atom stereocenters. The van der Waals surface area contributed by atoms with Crippen LogP contribution in [0.25, 0.3) is 0 Å². The SMILES string of the molecule is CCNC(C)c1cc(F)c(C)cc1SCc1ccccc1. The minimum absolute atomic E-state index is 0.126. The summed E-state index contributed by atoms with van der Waals surface area (Å²) in [5.74, 6) is 0.774. The molecule has 1 N–H and O–H groups in total. The van der Waals surface area contributed by atoms with Crippen molar-refractivity contribution in [3.8, 4) is 0 Å². The first-order chi connectivity index (χ1) is 10.1. The molecule has 1 unspecified atom stereocenters. The summed E-state index contributed by atoms with van der Waals surface area (Å²) in [5, 5.41) is 3.37. The topological polar surface area (TPSA) is 12.0 Å². The number of benzene rings is 2. The molecule has 112 valence electrons. The molecular formula is C18H22FNS. The van der Waals surface area contributed by atoms with E-state index in [0.717, 1.165) is 22.8 Å². The van der Waals surface area contributed by atoms with Crippen LogP contribution in [0.15, 0.2) is 47.4 Å². The summed E-state index contributed by atoms with van der Waals surface area (Å²) in [6.07, 6.45) is 0. The first-order valence-electron chi connectivity index (χ1n) is 7.32. The third-order valence-corrected chi connectivity index (χ3v) is 4.65. The molecule has 3 heteroatoms. The van der Waals surface area contributed by atoms with Crippen molar-refractivity contribution in [1.82, 2.24) is 5.32 Å². The largest absolute Gasteiger partial charge is 0.310 e. The second-order valence-corrected chi connectivity index (χ2v) is 6.21. The summed E-state index contributed by atoms with van der Waals surface area (Å²) < 4.78 is 13.9. The van der Waals surface area contributed by atoms with E-state index in [1.54, 1.807) is 17.8 Å². The predicted molar refractivity (Wildman–Crippen MR) is 89.2 cm³/mol. The average molecular weight is 303 g/mol. The van der Waals surface area contributed by atoms with Crippen molar-refractivity contribution in [1.29, 1.82) is 0 Å². The fourth-order valence-corrected chi connectivity index (χ4v) is 3.46. The fourth-order valence-electron chi connectivity index (χ4n) is 2.29. The monoisotopic (exact) mass is 303 g/mol. The van der Waals surface area contributed by atoms with E-state index >= 15 is 0 Å². The van der Waals surface area contributed by atoms with Crippen molar-refractivity contribution in [3.05, 3.63) is 65.0 Å². The van der Waals surface area contributed by atoms with Crippen LogP contribution in [0.4, 0.5) is 4.39 Å². The maximum atomic E-state index is 13.9. The van der Waals surface area contributed by atoms with Crippen molar-refractivity contribution < 1.29 is 4.39 Å². The summed E-state index contributed by atoms with van der Waals surface area (Å²) in [6, 6.07) is 14.2. The van der Waals surface area contributed by atoms with E-state index in [2.05, 4.69) is 31.3 Å². The molecule has 0 bridgehead atoms. The van der Waals surface area contributed by atoms with Gasteiger partial charge in [-0.1, -0.05) is 37.3 Å². The number of rotatable bonds is 6. The molecular weight excluding hydrogens is 281 g/mol. The van der Waals surface area contributed by atoms with E-state index in [4.69, 9.17) is 0 Å². The predicted octanol–water partition coefficient (Wildman–Crippen LogP) is 5.10. The Morgan fingerprint density at radius 1 is 1.19 bits per heavy atom. The summed E-state index contributed by atoms with van der Waals surface area (Å²) in [5.41, 5.74) is 3.03. The molecule has 21 heavy (non-hydrogen) atoms. The third kappa shape index (κ3) is 4.32. The molecule has 0 spiro atoms. The highest BCUT2D eigenvalue weighted by atomic mass is 32.2. The van der Waals surface area contributed by atoms with Crippen LogP contribution in [0.3, 0.4) is 0 Å². The Bertz CT molecular complexity index is 583. The van der Waals surface area contributed by atoms with Crippen LogP contribution in [-0.4, -0.2) is 6.54 Å².